The Bertz CT molecular complexity index is 1060. The van der Waals surface area contributed by atoms with Gasteiger partial charge in [-0.1, -0.05) is 36.0 Å². The van der Waals surface area contributed by atoms with Gasteiger partial charge in [0.25, 0.3) is 5.56 Å². The first-order chi connectivity index (χ1) is 12.9. The molecule has 1 atom stereocenters. The van der Waals surface area contributed by atoms with E-state index in [0.717, 1.165) is 16.8 Å². The Kier molecular flexibility index (Phi) is 5.65. The number of hydrogen-bond donors (Lipinski definition) is 1. The first kappa shape index (κ1) is 19.2. The number of fused-ring (bicyclic) bond motifs is 1. The molecule has 0 fully saturated rings. The summed E-state index contributed by atoms with van der Waals surface area (Å²) in [5.41, 5.74) is 3.49. The molecule has 0 unspecified atom stereocenters. The fourth-order valence-corrected chi connectivity index (χ4v) is 3.81. The SMILES string of the molecule is CCn1c(S[C@H](C)C(=O)Nc2cc(C)ccc2C)nc2ccccc2c1=O. The number of thioether (sulfide) groups is 1. The van der Waals surface area contributed by atoms with Crippen LogP contribution < -0.4 is 10.9 Å². The summed E-state index contributed by atoms with van der Waals surface area (Å²) < 4.78 is 1.62. The van der Waals surface area contributed by atoms with E-state index in [-0.39, 0.29) is 11.5 Å². The van der Waals surface area contributed by atoms with E-state index in [2.05, 4.69) is 10.3 Å². The molecule has 2 aromatic carbocycles. The summed E-state index contributed by atoms with van der Waals surface area (Å²) >= 11 is 1.30. The van der Waals surface area contributed by atoms with Crippen molar-refractivity contribution in [2.45, 2.75) is 44.6 Å². The molecule has 3 aromatic rings. The summed E-state index contributed by atoms with van der Waals surface area (Å²) in [4.78, 5) is 30.0. The molecular weight excluding hydrogens is 358 g/mol. The second-order valence-electron chi connectivity index (χ2n) is 6.53. The number of benzene rings is 2. The average molecular weight is 382 g/mol. The molecule has 1 heterocycles. The number of carbonyl (C=O) groups is 1. The van der Waals surface area contributed by atoms with Crippen LogP contribution in [0.25, 0.3) is 10.9 Å². The number of nitrogens with one attached hydrogen (secondary N) is 1. The van der Waals surface area contributed by atoms with Crippen molar-refractivity contribution < 1.29 is 4.79 Å². The molecule has 3 rings (SSSR count). The van der Waals surface area contributed by atoms with Crippen LogP contribution >= 0.6 is 11.8 Å². The molecule has 0 radical (unpaired) electrons. The quantitative estimate of drug-likeness (QED) is 0.533. The predicted octanol–water partition coefficient (Wildman–Crippen LogP) is 4.15. The monoisotopic (exact) mass is 381 g/mol. The van der Waals surface area contributed by atoms with Crippen LogP contribution in [0.5, 0.6) is 0 Å². The molecule has 5 nitrogen and oxygen atoms in total. The van der Waals surface area contributed by atoms with E-state index in [0.29, 0.717) is 22.6 Å². The lowest BCUT2D eigenvalue weighted by Gasteiger charge is -2.16. The van der Waals surface area contributed by atoms with Gasteiger partial charge in [-0.25, -0.2) is 4.98 Å². The molecule has 1 N–H and O–H groups in total. The molecule has 0 bridgehead atoms. The Hall–Kier alpha value is -2.60. The highest BCUT2D eigenvalue weighted by molar-refractivity contribution is 8.00. The van der Waals surface area contributed by atoms with Gasteiger partial charge in [0, 0.05) is 12.2 Å². The van der Waals surface area contributed by atoms with Crippen LogP contribution in [0.1, 0.15) is 25.0 Å². The number of carbonyl (C=O) groups excluding carboxylic acids is 1. The number of hydrogen-bond acceptors (Lipinski definition) is 4. The van der Waals surface area contributed by atoms with Crippen LogP contribution in [0.3, 0.4) is 0 Å². The lowest BCUT2D eigenvalue weighted by Crippen LogP contribution is -2.26. The predicted molar refractivity (Wildman–Crippen MR) is 112 cm³/mol. The molecule has 140 valence electrons. The molecule has 1 aromatic heterocycles. The van der Waals surface area contributed by atoms with E-state index in [9.17, 15) is 9.59 Å². The number of rotatable bonds is 5. The molecule has 0 spiro atoms. The Labute approximate surface area is 162 Å². The maximum atomic E-state index is 12.7. The third kappa shape index (κ3) is 4.06. The second kappa shape index (κ2) is 7.96. The van der Waals surface area contributed by atoms with Crippen LogP contribution in [0.15, 0.2) is 52.4 Å². The van der Waals surface area contributed by atoms with E-state index in [1.165, 1.54) is 11.8 Å². The third-order valence-electron chi connectivity index (χ3n) is 4.45. The van der Waals surface area contributed by atoms with Gasteiger partial charge in [0.05, 0.1) is 16.2 Å². The standard InChI is InChI=1S/C21H23N3O2S/c1-5-24-20(26)16-8-6-7-9-17(16)23-21(24)27-15(4)19(25)22-18-12-13(2)10-11-14(18)3/h6-12,15H,5H2,1-4H3,(H,22,25)/t15-/m1/s1. The van der Waals surface area contributed by atoms with E-state index in [1.807, 2.05) is 64.1 Å². The summed E-state index contributed by atoms with van der Waals surface area (Å²) in [6.07, 6.45) is 0. The summed E-state index contributed by atoms with van der Waals surface area (Å²) in [6, 6.07) is 13.3. The molecule has 0 saturated heterocycles. The lowest BCUT2D eigenvalue weighted by molar-refractivity contribution is -0.115. The Morgan fingerprint density at radius 1 is 1.22 bits per heavy atom. The minimum Gasteiger partial charge on any atom is -0.325 e. The molecule has 0 aliphatic heterocycles. The van der Waals surface area contributed by atoms with E-state index in [1.54, 1.807) is 10.6 Å². The van der Waals surface area contributed by atoms with Gasteiger partial charge >= 0.3 is 0 Å². The van der Waals surface area contributed by atoms with Crippen molar-refractivity contribution in [1.82, 2.24) is 9.55 Å². The molecule has 27 heavy (non-hydrogen) atoms. The fourth-order valence-electron chi connectivity index (χ4n) is 2.83. The zero-order chi connectivity index (χ0) is 19.6. The second-order valence-corrected chi connectivity index (χ2v) is 7.84. The Morgan fingerprint density at radius 3 is 2.70 bits per heavy atom. The smallest absolute Gasteiger partial charge is 0.262 e. The van der Waals surface area contributed by atoms with Crippen molar-refractivity contribution in [3.63, 3.8) is 0 Å². The van der Waals surface area contributed by atoms with Crippen molar-refractivity contribution in [3.8, 4) is 0 Å². The van der Waals surface area contributed by atoms with Crippen LogP contribution in [-0.4, -0.2) is 20.7 Å². The molecule has 1 amide bonds. The highest BCUT2D eigenvalue weighted by Crippen LogP contribution is 2.24. The van der Waals surface area contributed by atoms with Gasteiger partial charge in [-0.3, -0.25) is 14.2 Å². The van der Waals surface area contributed by atoms with Gasteiger partial charge < -0.3 is 5.32 Å². The van der Waals surface area contributed by atoms with Gasteiger partial charge in [0.1, 0.15) is 0 Å². The van der Waals surface area contributed by atoms with Gasteiger partial charge in [0.15, 0.2) is 5.16 Å². The topological polar surface area (TPSA) is 64.0 Å². The zero-order valence-corrected chi connectivity index (χ0v) is 16.8. The van der Waals surface area contributed by atoms with Crippen molar-refractivity contribution in [2.24, 2.45) is 0 Å². The number of nitrogens with zero attached hydrogens (tertiary/aromatic N) is 2. The normalized spacial score (nSPS) is 12.1. The van der Waals surface area contributed by atoms with E-state index < -0.39 is 5.25 Å². The first-order valence-corrected chi connectivity index (χ1v) is 9.83. The maximum Gasteiger partial charge on any atom is 0.262 e. The van der Waals surface area contributed by atoms with Crippen molar-refractivity contribution in [2.75, 3.05) is 5.32 Å². The molecule has 6 heteroatoms. The van der Waals surface area contributed by atoms with Crippen LogP contribution in [0.4, 0.5) is 5.69 Å². The lowest BCUT2D eigenvalue weighted by atomic mass is 10.1. The minimum atomic E-state index is -0.393. The largest absolute Gasteiger partial charge is 0.325 e. The Morgan fingerprint density at radius 2 is 1.96 bits per heavy atom. The van der Waals surface area contributed by atoms with Gasteiger partial charge in [-0.2, -0.15) is 0 Å². The summed E-state index contributed by atoms with van der Waals surface area (Å²) in [5, 5.41) is 3.75. The number of aryl methyl sites for hydroxylation is 2. The molecule has 0 aliphatic carbocycles. The molecule has 0 aliphatic rings. The third-order valence-corrected chi connectivity index (χ3v) is 5.54. The number of amides is 1. The fraction of sp³-hybridized carbons (Fsp3) is 0.286. The number of anilines is 1. The summed E-state index contributed by atoms with van der Waals surface area (Å²) in [6.45, 7) is 8.19. The van der Waals surface area contributed by atoms with Crippen molar-refractivity contribution >= 4 is 34.3 Å². The van der Waals surface area contributed by atoms with Crippen LogP contribution in [0.2, 0.25) is 0 Å². The van der Waals surface area contributed by atoms with Crippen molar-refractivity contribution in [3.05, 3.63) is 63.9 Å². The highest BCUT2D eigenvalue weighted by Gasteiger charge is 2.19. The minimum absolute atomic E-state index is 0.0762. The maximum absolute atomic E-state index is 12.7. The summed E-state index contributed by atoms with van der Waals surface area (Å²) in [5.74, 6) is -0.112. The Balaban J connectivity index is 1.87. The van der Waals surface area contributed by atoms with E-state index >= 15 is 0 Å². The summed E-state index contributed by atoms with van der Waals surface area (Å²) in [7, 11) is 0. The first-order valence-electron chi connectivity index (χ1n) is 8.95. The zero-order valence-electron chi connectivity index (χ0n) is 15.9. The van der Waals surface area contributed by atoms with Gasteiger partial charge in [-0.15, -0.1) is 0 Å². The van der Waals surface area contributed by atoms with Crippen molar-refractivity contribution in [1.29, 1.82) is 0 Å². The van der Waals surface area contributed by atoms with Gasteiger partial charge in [0.2, 0.25) is 5.91 Å². The van der Waals surface area contributed by atoms with Gasteiger partial charge in [-0.05, 0) is 57.0 Å². The molecule has 0 saturated carbocycles. The van der Waals surface area contributed by atoms with E-state index in [4.69, 9.17) is 0 Å². The average Bonchev–Trinajstić information content (AvgIpc) is 2.65. The number of aromatic nitrogens is 2. The van der Waals surface area contributed by atoms with Crippen LogP contribution in [0, 0.1) is 13.8 Å². The highest BCUT2D eigenvalue weighted by atomic mass is 32.2. The number of para-hydroxylation sites is 1. The molecular formula is C21H23N3O2S. The van der Waals surface area contributed by atoms with Crippen LogP contribution in [-0.2, 0) is 11.3 Å².